The second-order valence-corrected chi connectivity index (χ2v) is 6.67. The molecule has 1 aromatic heterocycles. The van der Waals surface area contributed by atoms with Gasteiger partial charge in [0.1, 0.15) is 11.0 Å². The first-order valence-corrected chi connectivity index (χ1v) is 7.79. The zero-order valence-corrected chi connectivity index (χ0v) is 14.9. The van der Waals surface area contributed by atoms with E-state index in [0.717, 1.165) is 24.9 Å². The van der Waals surface area contributed by atoms with Crippen molar-refractivity contribution in [1.82, 2.24) is 9.55 Å². The Labute approximate surface area is 135 Å². The lowest BCUT2D eigenvalue weighted by Gasteiger charge is -2.11. The van der Waals surface area contributed by atoms with Crippen LogP contribution in [0.1, 0.15) is 5.82 Å². The molecular weight excluding hydrogens is 449 g/mol. The minimum atomic E-state index is 0.599. The minimum absolute atomic E-state index is 0.599. The molecule has 0 radical (unpaired) electrons. The molecule has 18 heavy (non-hydrogen) atoms. The van der Waals surface area contributed by atoms with Gasteiger partial charge >= 0.3 is 0 Å². The molecule has 0 atom stereocenters. The number of imidazole rings is 1. The van der Waals surface area contributed by atoms with Crippen LogP contribution in [0, 0.1) is 0 Å². The molecule has 3 nitrogen and oxygen atoms in total. The second-order valence-electron chi connectivity index (χ2n) is 3.65. The van der Waals surface area contributed by atoms with E-state index in [-0.39, 0.29) is 0 Å². The van der Waals surface area contributed by atoms with E-state index in [1.54, 1.807) is 6.20 Å². The second kappa shape index (κ2) is 5.94. The number of hydrogen-bond acceptors (Lipinski definition) is 2. The van der Waals surface area contributed by atoms with Gasteiger partial charge in [-0.15, -0.1) is 0 Å². The summed E-state index contributed by atoms with van der Waals surface area (Å²) < 4.78 is 4.80. The molecule has 2 rings (SSSR count). The molecule has 0 aliphatic rings. The highest BCUT2D eigenvalue weighted by Crippen LogP contribution is 2.34. The molecule has 1 N–H and O–H groups in total. The Morgan fingerprint density at radius 3 is 2.39 bits per heavy atom. The normalized spacial score (nSPS) is 10.7. The number of halogens is 4. The Kier molecular flexibility index (Phi) is 4.75. The highest BCUT2D eigenvalue weighted by Gasteiger charge is 2.09. The van der Waals surface area contributed by atoms with Gasteiger partial charge in [-0.2, -0.15) is 0 Å². The molecule has 0 saturated heterocycles. The van der Waals surface area contributed by atoms with E-state index in [2.05, 4.69) is 58.1 Å². The topological polar surface area (TPSA) is 29.9 Å². The van der Waals surface area contributed by atoms with Gasteiger partial charge in [0.2, 0.25) is 0 Å². The predicted octanol–water partition coefficient (Wildman–Crippen LogP) is 4.97. The third-order valence-corrected chi connectivity index (χ3v) is 4.52. The molecule has 0 saturated carbocycles. The first-order valence-electron chi connectivity index (χ1n) is 5.03. The van der Waals surface area contributed by atoms with Crippen LogP contribution in [0.15, 0.2) is 31.7 Å². The molecule has 0 amide bonds. The summed E-state index contributed by atoms with van der Waals surface area (Å²) in [6.07, 6.45) is 1.64. The van der Waals surface area contributed by atoms with Crippen molar-refractivity contribution in [3.8, 4) is 0 Å². The van der Waals surface area contributed by atoms with Crippen LogP contribution in [0.5, 0.6) is 0 Å². The van der Waals surface area contributed by atoms with Crippen molar-refractivity contribution in [1.29, 1.82) is 0 Å². The van der Waals surface area contributed by atoms with E-state index >= 15 is 0 Å². The van der Waals surface area contributed by atoms with Gasteiger partial charge in [0.05, 0.1) is 18.4 Å². The first-order chi connectivity index (χ1) is 8.49. The van der Waals surface area contributed by atoms with Crippen LogP contribution in [-0.4, -0.2) is 9.55 Å². The van der Waals surface area contributed by atoms with Gasteiger partial charge in [-0.3, -0.25) is 0 Å². The molecule has 0 aliphatic heterocycles. The third-order valence-electron chi connectivity index (χ3n) is 2.46. The molecule has 96 valence electrons. The summed E-state index contributed by atoms with van der Waals surface area (Å²) >= 11 is 16.4. The number of hydrogen-bond donors (Lipinski definition) is 1. The fourth-order valence-corrected chi connectivity index (χ4v) is 4.15. The van der Waals surface area contributed by atoms with Crippen molar-refractivity contribution in [3.05, 3.63) is 42.7 Å². The van der Waals surface area contributed by atoms with Gasteiger partial charge in [-0.05, 0) is 44.0 Å². The van der Waals surface area contributed by atoms with Gasteiger partial charge < -0.3 is 9.88 Å². The van der Waals surface area contributed by atoms with E-state index in [0.29, 0.717) is 11.7 Å². The number of rotatable bonds is 3. The number of anilines is 1. The highest BCUT2D eigenvalue weighted by molar-refractivity contribution is 9.11. The summed E-state index contributed by atoms with van der Waals surface area (Å²) in [5.74, 6) is 0.877. The fraction of sp³-hybridized carbons (Fsp3) is 0.182. The number of nitrogens with zero attached hydrogens (tertiary/aromatic N) is 2. The predicted molar refractivity (Wildman–Crippen MR) is 85.1 cm³/mol. The van der Waals surface area contributed by atoms with Gasteiger partial charge in [0.15, 0.2) is 0 Å². The average Bonchev–Trinajstić information content (AvgIpc) is 2.59. The van der Waals surface area contributed by atoms with Crippen LogP contribution in [0.2, 0.25) is 5.15 Å². The Hall–Kier alpha value is -0.0400. The van der Waals surface area contributed by atoms with Crippen LogP contribution >= 0.6 is 59.4 Å². The Morgan fingerprint density at radius 2 is 1.89 bits per heavy atom. The standard InChI is InChI=1S/C11H9Br3ClN3/c1-18-9(15)4-16-10(18)5-17-11-7(13)2-6(12)3-8(11)14/h2-4,17H,5H2,1H3. The Bertz CT molecular complexity index is 560. The Balaban J connectivity index is 2.18. The summed E-state index contributed by atoms with van der Waals surface area (Å²) in [4.78, 5) is 4.24. The molecule has 0 bridgehead atoms. The van der Waals surface area contributed by atoms with Crippen LogP contribution in [0.25, 0.3) is 0 Å². The molecule has 7 heteroatoms. The smallest absolute Gasteiger partial charge is 0.128 e. The molecular formula is C11H9Br3ClN3. The lowest BCUT2D eigenvalue weighted by atomic mass is 10.3. The molecule has 1 aromatic carbocycles. The number of aromatic nitrogens is 2. The molecule has 0 fully saturated rings. The summed E-state index contributed by atoms with van der Waals surface area (Å²) in [5.41, 5.74) is 0.984. The maximum absolute atomic E-state index is 5.94. The van der Waals surface area contributed by atoms with Crippen molar-refractivity contribution in [2.75, 3.05) is 5.32 Å². The highest BCUT2D eigenvalue weighted by atomic mass is 79.9. The third kappa shape index (κ3) is 3.10. The SMILES string of the molecule is Cn1c(Cl)cnc1CNc1c(Br)cc(Br)cc1Br. The van der Waals surface area contributed by atoms with Crippen molar-refractivity contribution >= 4 is 65.1 Å². The van der Waals surface area contributed by atoms with Gasteiger partial charge in [0, 0.05) is 20.5 Å². The summed E-state index contributed by atoms with van der Waals surface area (Å²) in [6.45, 7) is 0.599. The Morgan fingerprint density at radius 1 is 1.28 bits per heavy atom. The zero-order chi connectivity index (χ0) is 13.3. The van der Waals surface area contributed by atoms with E-state index in [4.69, 9.17) is 11.6 Å². The van der Waals surface area contributed by atoms with E-state index in [1.165, 1.54) is 0 Å². The van der Waals surface area contributed by atoms with Crippen LogP contribution in [0.3, 0.4) is 0 Å². The summed E-state index contributed by atoms with van der Waals surface area (Å²) in [5, 5.41) is 3.95. The van der Waals surface area contributed by atoms with Crippen molar-refractivity contribution in [3.63, 3.8) is 0 Å². The monoisotopic (exact) mass is 455 g/mol. The number of nitrogens with one attached hydrogen (secondary N) is 1. The van der Waals surface area contributed by atoms with E-state index < -0.39 is 0 Å². The van der Waals surface area contributed by atoms with Gasteiger partial charge in [-0.1, -0.05) is 27.5 Å². The average molecular weight is 458 g/mol. The van der Waals surface area contributed by atoms with Crippen molar-refractivity contribution in [2.24, 2.45) is 7.05 Å². The van der Waals surface area contributed by atoms with E-state index in [9.17, 15) is 0 Å². The van der Waals surface area contributed by atoms with E-state index in [1.807, 2.05) is 23.7 Å². The summed E-state index contributed by atoms with van der Waals surface area (Å²) in [6, 6.07) is 3.97. The maximum atomic E-state index is 5.94. The first kappa shape index (κ1) is 14.4. The van der Waals surface area contributed by atoms with Gasteiger partial charge in [-0.25, -0.2) is 4.98 Å². The van der Waals surface area contributed by atoms with Crippen LogP contribution < -0.4 is 5.32 Å². The summed E-state index contributed by atoms with van der Waals surface area (Å²) in [7, 11) is 1.89. The molecule has 0 aliphatic carbocycles. The molecule has 2 aromatic rings. The zero-order valence-electron chi connectivity index (χ0n) is 9.35. The molecule has 0 spiro atoms. The minimum Gasteiger partial charge on any atom is -0.376 e. The lowest BCUT2D eigenvalue weighted by molar-refractivity contribution is 0.813. The van der Waals surface area contributed by atoms with Crippen molar-refractivity contribution in [2.45, 2.75) is 6.54 Å². The maximum Gasteiger partial charge on any atom is 0.128 e. The quantitative estimate of drug-likeness (QED) is 0.704. The lowest BCUT2D eigenvalue weighted by Crippen LogP contribution is -2.07. The number of benzene rings is 1. The largest absolute Gasteiger partial charge is 0.376 e. The van der Waals surface area contributed by atoms with Gasteiger partial charge in [0.25, 0.3) is 0 Å². The van der Waals surface area contributed by atoms with Crippen LogP contribution in [-0.2, 0) is 13.6 Å². The van der Waals surface area contributed by atoms with Crippen LogP contribution in [0.4, 0.5) is 5.69 Å². The fourth-order valence-electron chi connectivity index (χ4n) is 1.47. The molecule has 1 heterocycles. The van der Waals surface area contributed by atoms with Crippen molar-refractivity contribution < 1.29 is 0 Å². The molecule has 0 unspecified atom stereocenters.